The molecule has 0 aromatic heterocycles. The van der Waals surface area contributed by atoms with Gasteiger partial charge in [-0.2, -0.15) is 0 Å². The largest absolute Gasteiger partial charge is 0.398 e. The molecule has 4 unspecified atom stereocenters. The first-order valence-corrected chi connectivity index (χ1v) is 8.70. The van der Waals surface area contributed by atoms with Gasteiger partial charge in [0.2, 0.25) is 0 Å². The summed E-state index contributed by atoms with van der Waals surface area (Å²) in [5.41, 5.74) is 0. The fourth-order valence-corrected chi connectivity index (χ4v) is 5.75. The van der Waals surface area contributed by atoms with Crippen molar-refractivity contribution < 1.29 is 8.85 Å². The second kappa shape index (κ2) is 4.19. The van der Waals surface area contributed by atoms with E-state index in [4.69, 9.17) is 8.85 Å². The lowest BCUT2D eigenvalue weighted by atomic mass is 9.83. The van der Waals surface area contributed by atoms with Gasteiger partial charge < -0.3 is 8.85 Å². The predicted octanol–water partition coefficient (Wildman–Crippen LogP) is 3.03. The Hall–Kier alpha value is 0.137. The van der Waals surface area contributed by atoms with Crippen molar-refractivity contribution in [2.24, 2.45) is 23.7 Å². The summed E-state index contributed by atoms with van der Waals surface area (Å²) in [6.07, 6.45) is 4.38. The summed E-state index contributed by atoms with van der Waals surface area (Å²) < 4.78 is 11.2. The van der Waals surface area contributed by atoms with Gasteiger partial charge in [-0.1, -0.05) is 6.92 Å². The Labute approximate surface area is 94.6 Å². The second-order valence-electron chi connectivity index (χ2n) is 5.72. The zero-order valence-electron chi connectivity index (χ0n) is 10.5. The Morgan fingerprint density at radius 2 is 1.80 bits per heavy atom. The molecule has 2 rings (SSSR count). The van der Waals surface area contributed by atoms with Gasteiger partial charge in [0.25, 0.3) is 0 Å². The predicted molar refractivity (Wildman–Crippen MR) is 63.9 cm³/mol. The molecule has 2 aliphatic carbocycles. The minimum absolute atomic E-state index is 0.885. The average molecular weight is 228 g/mol. The van der Waals surface area contributed by atoms with Crippen LogP contribution >= 0.6 is 0 Å². The van der Waals surface area contributed by atoms with Gasteiger partial charge in [0.05, 0.1) is 0 Å². The SMILES string of the molecule is CO[Si](C)(CC1CC2CC(C)C1C2)OC. The minimum Gasteiger partial charge on any atom is -0.398 e. The third-order valence-electron chi connectivity index (χ3n) is 4.78. The third kappa shape index (κ3) is 2.15. The van der Waals surface area contributed by atoms with Crippen LogP contribution in [0.1, 0.15) is 26.2 Å². The van der Waals surface area contributed by atoms with E-state index in [1.165, 1.54) is 25.3 Å². The van der Waals surface area contributed by atoms with E-state index in [9.17, 15) is 0 Å². The van der Waals surface area contributed by atoms with E-state index in [1.54, 1.807) is 0 Å². The van der Waals surface area contributed by atoms with Crippen molar-refractivity contribution in [3.8, 4) is 0 Å². The number of fused-ring (bicyclic) bond motifs is 2. The highest BCUT2D eigenvalue weighted by Gasteiger charge is 2.47. The van der Waals surface area contributed by atoms with Gasteiger partial charge in [-0.3, -0.25) is 0 Å². The number of hydrogen-bond donors (Lipinski definition) is 0. The molecule has 2 nitrogen and oxygen atoms in total. The monoisotopic (exact) mass is 228 g/mol. The van der Waals surface area contributed by atoms with E-state index < -0.39 is 8.56 Å². The van der Waals surface area contributed by atoms with Crippen molar-refractivity contribution in [2.75, 3.05) is 14.2 Å². The molecule has 0 saturated heterocycles. The van der Waals surface area contributed by atoms with Crippen molar-refractivity contribution in [3.63, 3.8) is 0 Å². The van der Waals surface area contributed by atoms with E-state index in [0.717, 1.165) is 23.7 Å². The summed E-state index contributed by atoms with van der Waals surface area (Å²) >= 11 is 0. The molecule has 4 atom stereocenters. The molecule has 0 aliphatic heterocycles. The summed E-state index contributed by atoms with van der Waals surface area (Å²) in [5, 5.41) is 0. The van der Waals surface area contributed by atoms with Gasteiger partial charge in [0, 0.05) is 14.2 Å². The minimum atomic E-state index is -1.83. The van der Waals surface area contributed by atoms with Gasteiger partial charge >= 0.3 is 8.56 Å². The lowest BCUT2D eigenvalue weighted by Crippen LogP contribution is -2.39. The van der Waals surface area contributed by atoms with Gasteiger partial charge in [-0.25, -0.2) is 0 Å². The summed E-state index contributed by atoms with van der Waals surface area (Å²) in [7, 11) is 1.79. The molecule has 0 N–H and O–H groups in total. The van der Waals surface area contributed by atoms with Crippen LogP contribution in [-0.2, 0) is 8.85 Å². The first-order chi connectivity index (χ1) is 7.08. The smallest absolute Gasteiger partial charge is 0.334 e. The molecular formula is C12H24O2Si. The van der Waals surface area contributed by atoms with Crippen LogP contribution in [0.2, 0.25) is 12.6 Å². The Balaban J connectivity index is 1.96. The fraction of sp³-hybridized carbons (Fsp3) is 1.00. The third-order valence-corrected chi connectivity index (χ3v) is 7.77. The zero-order chi connectivity index (χ0) is 11.1. The Kier molecular flexibility index (Phi) is 3.24. The van der Waals surface area contributed by atoms with Crippen molar-refractivity contribution in [3.05, 3.63) is 0 Å². The van der Waals surface area contributed by atoms with Crippen LogP contribution in [-0.4, -0.2) is 22.8 Å². The van der Waals surface area contributed by atoms with Crippen LogP contribution in [0.4, 0.5) is 0 Å². The van der Waals surface area contributed by atoms with E-state index in [2.05, 4.69) is 13.5 Å². The van der Waals surface area contributed by atoms with Gasteiger partial charge in [0.15, 0.2) is 0 Å². The molecule has 0 radical (unpaired) electrons. The van der Waals surface area contributed by atoms with Gasteiger partial charge in [0.1, 0.15) is 0 Å². The Bertz CT molecular complexity index is 228. The molecule has 0 amide bonds. The van der Waals surface area contributed by atoms with Crippen molar-refractivity contribution >= 4 is 8.56 Å². The quantitative estimate of drug-likeness (QED) is 0.689. The van der Waals surface area contributed by atoms with Crippen LogP contribution in [0.3, 0.4) is 0 Å². The molecule has 88 valence electrons. The van der Waals surface area contributed by atoms with Crippen LogP contribution < -0.4 is 0 Å². The van der Waals surface area contributed by atoms with Gasteiger partial charge in [-0.15, -0.1) is 0 Å². The maximum absolute atomic E-state index is 5.61. The van der Waals surface area contributed by atoms with Crippen molar-refractivity contribution in [2.45, 2.75) is 38.8 Å². The molecule has 0 heterocycles. The highest BCUT2D eigenvalue weighted by Crippen LogP contribution is 2.53. The fourth-order valence-electron chi connectivity index (χ4n) is 3.83. The van der Waals surface area contributed by atoms with Crippen LogP contribution in [0.15, 0.2) is 0 Å². The Morgan fingerprint density at radius 1 is 1.13 bits per heavy atom. The molecule has 15 heavy (non-hydrogen) atoms. The highest BCUT2D eigenvalue weighted by molar-refractivity contribution is 6.66. The molecule has 2 bridgehead atoms. The standard InChI is InChI=1S/C12H24O2Si/c1-9-5-10-6-11(12(9)7-10)8-15(4,13-2)14-3/h9-12H,5-8H2,1-4H3. The number of rotatable bonds is 4. The Morgan fingerprint density at radius 3 is 2.27 bits per heavy atom. The summed E-state index contributed by atoms with van der Waals surface area (Å²) in [6, 6.07) is 1.20. The first kappa shape index (κ1) is 11.6. The molecule has 3 heteroatoms. The molecule has 0 aromatic rings. The molecule has 0 spiro atoms. The number of hydrogen-bond acceptors (Lipinski definition) is 2. The van der Waals surface area contributed by atoms with Crippen LogP contribution in [0, 0.1) is 23.7 Å². The highest BCUT2D eigenvalue weighted by atomic mass is 28.4. The maximum Gasteiger partial charge on any atom is 0.334 e. The van der Waals surface area contributed by atoms with Crippen molar-refractivity contribution in [1.82, 2.24) is 0 Å². The van der Waals surface area contributed by atoms with Crippen LogP contribution in [0.5, 0.6) is 0 Å². The lowest BCUT2D eigenvalue weighted by Gasteiger charge is -2.32. The normalized spacial score (nSPS) is 40.0. The summed E-state index contributed by atoms with van der Waals surface area (Å²) in [6.45, 7) is 4.62. The van der Waals surface area contributed by atoms with Crippen molar-refractivity contribution in [1.29, 1.82) is 0 Å². The maximum atomic E-state index is 5.61. The second-order valence-corrected chi connectivity index (χ2v) is 9.21. The lowest BCUT2D eigenvalue weighted by molar-refractivity contribution is 0.212. The van der Waals surface area contributed by atoms with E-state index in [-0.39, 0.29) is 0 Å². The zero-order valence-corrected chi connectivity index (χ0v) is 11.5. The van der Waals surface area contributed by atoms with E-state index >= 15 is 0 Å². The average Bonchev–Trinajstić information content (AvgIpc) is 2.75. The first-order valence-electron chi connectivity index (χ1n) is 6.18. The molecular weight excluding hydrogens is 204 g/mol. The van der Waals surface area contributed by atoms with Gasteiger partial charge in [-0.05, 0) is 55.5 Å². The van der Waals surface area contributed by atoms with E-state index in [0.29, 0.717) is 0 Å². The topological polar surface area (TPSA) is 18.5 Å². The summed E-state index contributed by atoms with van der Waals surface area (Å²) in [4.78, 5) is 0. The van der Waals surface area contributed by atoms with E-state index in [1.807, 2.05) is 14.2 Å². The summed E-state index contributed by atoms with van der Waals surface area (Å²) in [5.74, 6) is 3.81. The van der Waals surface area contributed by atoms with Crippen LogP contribution in [0.25, 0.3) is 0 Å². The molecule has 2 fully saturated rings. The molecule has 2 aliphatic rings. The molecule has 2 saturated carbocycles. The molecule has 0 aromatic carbocycles.